The molecule has 1 atom stereocenters. The van der Waals surface area contributed by atoms with Crippen molar-refractivity contribution >= 4 is 38.8 Å². The Balaban J connectivity index is 1.51. The minimum Gasteiger partial charge on any atom is -0.352 e. The molecule has 2 aromatic heterocycles. The number of thioether (sulfide) groups is 1. The molecule has 0 aromatic carbocycles. The van der Waals surface area contributed by atoms with E-state index in [1.165, 1.54) is 16.6 Å². The predicted molar refractivity (Wildman–Crippen MR) is 94.1 cm³/mol. The van der Waals surface area contributed by atoms with Gasteiger partial charge in [-0.3, -0.25) is 4.79 Å². The summed E-state index contributed by atoms with van der Waals surface area (Å²) < 4.78 is 24.7. The third kappa shape index (κ3) is 4.37. The second kappa shape index (κ2) is 7.24. The summed E-state index contributed by atoms with van der Waals surface area (Å²) in [4.78, 5) is 13.2. The lowest BCUT2D eigenvalue weighted by Gasteiger charge is -2.10. The molecule has 10 heteroatoms. The molecule has 1 amide bonds. The minimum absolute atomic E-state index is 0.0400. The van der Waals surface area contributed by atoms with Crippen molar-refractivity contribution in [3.63, 3.8) is 0 Å². The molecule has 1 fully saturated rings. The van der Waals surface area contributed by atoms with Crippen molar-refractivity contribution in [2.24, 2.45) is 7.05 Å². The maximum absolute atomic E-state index is 12.0. The Hall–Kier alpha value is -1.39. The average Bonchev–Trinajstić information content (AvgIpc) is 3.22. The molecule has 1 saturated heterocycles. The highest BCUT2D eigenvalue weighted by Crippen LogP contribution is 2.19. The van der Waals surface area contributed by atoms with E-state index in [0.717, 1.165) is 5.82 Å². The van der Waals surface area contributed by atoms with Crippen molar-refractivity contribution in [2.75, 3.05) is 17.3 Å². The van der Waals surface area contributed by atoms with Crippen LogP contribution in [0.2, 0.25) is 0 Å². The Morgan fingerprint density at radius 2 is 2.33 bits per heavy atom. The van der Waals surface area contributed by atoms with Crippen LogP contribution in [0.3, 0.4) is 0 Å². The Morgan fingerprint density at radius 3 is 3.00 bits per heavy atom. The molecule has 24 heavy (non-hydrogen) atoms. The second-order valence-corrected chi connectivity index (χ2v) is 9.87. The third-order valence-corrected chi connectivity index (χ3v) is 7.43. The van der Waals surface area contributed by atoms with Crippen molar-refractivity contribution in [2.45, 2.75) is 24.0 Å². The summed E-state index contributed by atoms with van der Waals surface area (Å²) in [7, 11) is -1.10. The van der Waals surface area contributed by atoms with E-state index in [2.05, 4.69) is 21.6 Å². The highest BCUT2D eigenvalue weighted by atomic mass is 32.2. The van der Waals surface area contributed by atoms with E-state index >= 15 is 0 Å². The van der Waals surface area contributed by atoms with Crippen LogP contribution in [-0.2, 0) is 28.1 Å². The van der Waals surface area contributed by atoms with Gasteiger partial charge in [-0.1, -0.05) is 17.8 Å². The van der Waals surface area contributed by atoms with E-state index in [-0.39, 0.29) is 29.2 Å². The quantitative estimate of drug-likeness (QED) is 0.740. The summed E-state index contributed by atoms with van der Waals surface area (Å²) in [6, 6.07) is 3.78. The summed E-state index contributed by atoms with van der Waals surface area (Å²) in [5.41, 5.74) is 0. The number of hydrogen-bond acceptors (Lipinski definition) is 7. The van der Waals surface area contributed by atoms with Gasteiger partial charge in [0, 0.05) is 24.4 Å². The molecule has 1 aliphatic rings. The number of nitrogens with one attached hydrogen (secondary N) is 1. The van der Waals surface area contributed by atoms with Crippen molar-refractivity contribution in [3.8, 4) is 0 Å². The van der Waals surface area contributed by atoms with E-state index in [9.17, 15) is 13.2 Å². The second-order valence-electron chi connectivity index (χ2n) is 5.67. The van der Waals surface area contributed by atoms with E-state index in [4.69, 9.17) is 0 Å². The zero-order valence-electron chi connectivity index (χ0n) is 13.1. The van der Waals surface area contributed by atoms with Crippen LogP contribution in [0.4, 0.5) is 0 Å². The molecule has 130 valence electrons. The first-order valence-corrected chi connectivity index (χ1v) is 11.1. The molecule has 0 aliphatic carbocycles. The number of hydrogen-bond donors (Lipinski definition) is 1. The maximum atomic E-state index is 12.0. The fourth-order valence-electron chi connectivity index (χ4n) is 2.50. The van der Waals surface area contributed by atoms with Crippen molar-refractivity contribution in [1.29, 1.82) is 0 Å². The molecule has 3 heterocycles. The molecular weight excluding hydrogens is 368 g/mol. The van der Waals surface area contributed by atoms with Crippen molar-refractivity contribution in [3.05, 3.63) is 28.2 Å². The Bertz CT molecular complexity index is 814. The van der Waals surface area contributed by atoms with Gasteiger partial charge in [0.2, 0.25) is 5.91 Å². The normalized spacial score (nSPS) is 19.5. The van der Waals surface area contributed by atoms with E-state index in [0.29, 0.717) is 18.0 Å². The zero-order chi connectivity index (χ0) is 17.2. The molecule has 0 saturated carbocycles. The molecular formula is C14H18N4O3S3. The average molecular weight is 387 g/mol. The van der Waals surface area contributed by atoms with Crippen LogP contribution in [0.5, 0.6) is 0 Å². The van der Waals surface area contributed by atoms with Crippen LogP contribution in [0, 0.1) is 0 Å². The summed E-state index contributed by atoms with van der Waals surface area (Å²) >= 11 is 2.97. The van der Waals surface area contributed by atoms with Crippen molar-refractivity contribution < 1.29 is 13.2 Å². The molecule has 1 aliphatic heterocycles. The van der Waals surface area contributed by atoms with Crippen LogP contribution >= 0.6 is 23.1 Å². The Labute approximate surface area is 148 Å². The summed E-state index contributed by atoms with van der Waals surface area (Å²) in [5, 5.41) is 13.8. The first-order chi connectivity index (χ1) is 11.4. The molecule has 7 nitrogen and oxygen atoms in total. The number of aromatic nitrogens is 3. The molecule has 0 radical (unpaired) electrons. The van der Waals surface area contributed by atoms with Gasteiger partial charge in [0.25, 0.3) is 0 Å². The minimum atomic E-state index is -2.98. The maximum Gasteiger partial charge on any atom is 0.230 e. The van der Waals surface area contributed by atoms with Crippen LogP contribution in [0.1, 0.15) is 17.1 Å². The number of carbonyl (C=O) groups is 1. The van der Waals surface area contributed by atoms with Crippen molar-refractivity contribution in [1.82, 2.24) is 20.1 Å². The molecule has 0 spiro atoms. The van der Waals surface area contributed by atoms with E-state index < -0.39 is 9.84 Å². The number of rotatable bonds is 6. The number of thiophene rings is 1. The smallest absolute Gasteiger partial charge is 0.230 e. The van der Waals surface area contributed by atoms with Gasteiger partial charge in [0.1, 0.15) is 5.82 Å². The van der Waals surface area contributed by atoms with Gasteiger partial charge in [0.05, 0.1) is 17.3 Å². The molecule has 1 N–H and O–H groups in total. The van der Waals surface area contributed by atoms with E-state index in [1.807, 2.05) is 23.1 Å². The zero-order valence-corrected chi connectivity index (χ0v) is 15.6. The van der Waals surface area contributed by atoms with Gasteiger partial charge in [-0.05, 0) is 17.9 Å². The van der Waals surface area contributed by atoms with Gasteiger partial charge < -0.3 is 9.88 Å². The van der Waals surface area contributed by atoms with Crippen LogP contribution < -0.4 is 5.32 Å². The van der Waals surface area contributed by atoms with Crippen LogP contribution in [0.15, 0.2) is 22.7 Å². The largest absolute Gasteiger partial charge is 0.352 e. The first kappa shape index (κ1) is 17.4. The Kier molecular flexibility index (Phi) is 5.26. The van der Waals surface area contributed by atoms with Gasteiger partial charge in [-0.25, -0.2) is 8.42 Å². The summed E-state index contributed by atoms with van der Waals surface area (Å²) in [6.07, 6.45) is 1.21. The lowest BCUT2D eigenvalue weighted by atomic mass is 10.3. The predicted octanol–water partition coefficient (Wildman–Crippen LogP) is 0.863. The topological polar surface area (TPSA) is 93.9 Å². The highest BCUT2D eigenvalue weighted by molar-refractivity contribution is 7.99. The van der Waals surface area contributed by atoms with Gasteiger partial charge in [-0.2, -0.15) is 0 Å². The van der Waals surface area contributed by atoms with Crippen LogP contribution in [-0.4, -0.2) is 52.4 Å². The SMILES string of the molecule is Cn1c(Cc2cccs2)nnc1SCC(=O)N[C@@H]1CCS(=O)(=O)C1. The summed E-state index contributed by atoms with van der Waals surface area (Å²) in [5.74, 6) is 1.06. The number of sulfone groups is 1. The first-order valence-electron chi connectivity index (χ1n) is 7.46. The van der Waals surface area contributed by atoms with Gasteiger partial charge in [0.15, 0.2) is 15.0 Å². The van der Waals surface area contributed by atoms with Gasteiger partial charge >= 0.3 is 0 Å². The van der Waals surface area contributed by atoms with Crippen LogP contribution in [0.25, 0.3) is 0 Å². The Morgan fingerprint density at radius 1 is 1.50 bits per heavy atom. The summed E-state index contributed by atoms with van der Waals surface area (Å²) in [6.45, 7) is 0. The standard InChI is InChI=1S/C14H18N4O3S3/c1-18-12(7-11-3-2-5-22-11)16-17-14(18)23-8-13(19)15-10-4-6-24(20,21)9-10/h2-3,5,10H,4,6-9H2,1H3,(H,15,19)/t10-/m1/s1. The molecule has 0 bridgehead atoms. The monoisotopic (exact) mass is 386 g/mol. The fourth-order valence-corrected chi connectivity index (χ4v) is 5.62. The fraction of sp³-hybridized carbons (Fsp3) is 0.500. The molecule has 2 aromatic rings. The van der Waals surface area contributed by atoms with Gasteiger partial charge in [-0.15, -0.1) is 21.5 Å². The molecule has 0 unspecified atom stereocenters. The third-order valence-electron chi connectivity index (χ3n) is 3.77. The number of amides is 1. The highest BCUT2D eigenvalue weighted by Gasteiger charge is 2.28. The lowest BCUT2D eigenvalue weighted by Crippen LogP contribution is -2.36. The van der Waals surface area contributed by atoms with E-state index in [1.54, 1.807) is 11.3 Å². The number of nitrogens with zero attached hydrogens (tertiary/aromatic N) is 3. The number of carbonyl (C=O) groups excluding carboxylic acids is 1. The molecule has 3 rings (SSSR count). The lowest BCUT2D eigenvalue weighted by molar-refractivity contribution is -0.119.